The Morgan fingerprint density at radius 1 is 1.24 bits per heavy atom. The van der Waals surface area contributed by atoms with Gasteiger partial charge < -0.3 is 4.74 Å². The Morgan fingerprint density at radius 3 is 2.48 bits per heavy atom. The van der Waals surface area contributed by atoms with Crippen molar-refractivity contribution in [3.05, 3.63) is 29.3 Å². The van der Waals surface area contributed by atoms with Gasteiger partial charge in [0.1, 0.15) is 16.3 Å². The number of primary sulfonamides is 1. The van der Waals surface area contributed by atoms with Gasteiger partial charge >= 0.3 is 5.97 Å². The Bertz CT molecular complexity index is 617. The zero-order valence-electron chi connectivity index (χ0n) is 11.6. The molecule has 1 aromatic carbocycles. The average Bonchev–Trinajstić information content (AvgIpc) is 2.37. The quantitative estimate of drug-likeness (QED) is 0.617. The number of ether oxygens (including phenoxy) is 1. The number of hydrogen-bond acceptors (Lipinski definition) is 4. The molecule has 0 aliphatic carbocycles. The average molecular weight is 321 g/mol. The number of hydrogen-bond donors (Lipinski definition) is 1. The van der Waals surface area contributed by atoms with Crippen LogP contribution in [0.1, 0.15) is 43.0 Å². The molecule has 2 N–H and O–H groups in total. The molecule has 8 heteroatoms. The first-order valence-electron chi connectivity index (χ1n) is 6.47. The second-order valence-corrected chi connectivity index (χ2v) is 6.01. The molecule has 0 fully saturated rings. The summed E-state index contributed by atoms with van der Waals surface area (Å²) in [6.45, 7) is 2.02. The molecule has 0 saturated carbocycles. The third kappa shape index (κ3) is 4.75. The standard InChI is InChI=1S/C13H17F2NO4S/c1-2-3-4-5-8-20-13(17)11-9(14)6-7-10(12(11)15)21(16,18)19/h6-7H,2-5,8H2,1H3,(H2,16,18,19). The van der Waals surface area contributed by atoms with E-state index in [2.05, 4.69) is 0 Å². The zero-order chi connectivity index (χ0) is 16.0. The predicted molar refractivity (Wildman–Crippen MR) is 72.2 cm³/mol. The van der Waals surface area contributed by atoms with Crippen molar-refractivity contribution in [1.29, 1.82) is 0 Å². The molecular weight excluding hydrogens is 304 g/mol. The molecule has 21 heavy (non-hydrogen) atoms. The number of benzene rings is 1. The SMILES string of the molecule is CCCCCCOC(=O)c1c(F)ccc(S(N)(=O)=O)c1F. The van der Waals surface area contributed by atoms with Crippen LogP contribution in [0.25, 0.3) is 0 Å². The number of carbonyl (C=O) groups excluding carboxylic acids is 1. The van der Waals surface area contributed by atoms with Crippen molar-refractivity contribution in [1.82, 2.24) is 0 Å². The Balaban J connectivity index is 2.89. The van der Waals surface area contributed by atoms with E-state index in [1.54, 1.807) is 0 Å². The Hall–Kier alpha value is -1.54. The van der Waals surface area contributed by atoms with Gasteiger partial charge in [-0.1, -0.05) is 26.2 Å². The number of carbonyl (C=O) groups is 1. The first-order valence-corrected chi connectivity index (χ1v) is 8.01. The number of rotatable bonds is 7. The molecule has 5 nitrogen and oxygen atoms in total. The first-order chi connectivity index (χ1) is 9.79. The molecule has 0 bridgehead atoms. The Kier molecular flexibility index (Phi) is 6.22. The molecule has 0 aliphatic heterocycles. The molecule has 1 aromatic rings. The lowest BCUT2D eigenvalue weighted by Gasteiger charge is -2.08. The van der Waals surface area contributed by atoms with Gasteiger partial charge in [-0.05, 0) is 18.6 Å². The van der Waals surface area contributed by atoms with Crippen LogP contribution in [0.4, 0.5) is 8.78 Å². The van der Waals surface area contributed by atoms with Gasteiger partial charge in [0.15, 0.2) is 5.82 Å². The summed E-state index contributed by atoms with van der Waals surface area (Å²) in [6.07, 6.45) is 3.35. The molecule has 118 valence electrons. The molecule has 0 radical (unpaired) electrons. The van der Waals surface area contributed by atoms with E-state index in [9.17, 15) is 22.0 Å². The lowest BCUT2D eigenvalue weighted by Crippen LogP contribution is -2.18. The van der Waals surface area contributed by atoms with Crippen LogP contribution in [0, 0.1) is 11.6 Å². The fraction of sp³-hybridized carbons (Fsp3) is 0.462. The summed E-state index contributed by atoms with van der Waals surface area (Å²) in [4.78, 5) is 10.7. The molecule has 1 rings (SSSR count). The highest BCUT2D eigenvalue weighted by molar-refractivity contribution is 7.89. The molecule has 0 saturated heterocycles. The summed E-state index contributed by atoms with van der Waals surface area (Å²) >= 11 is 0. The molecule has 0 aliphatic rings. The van der Waals surface area contributed by atoms with E-state index in [0.29, 0.717) is 18.6 Å². The van der Waals surface area contributed by atoms with Crippen molar-refractivity contribution in [2.45, 2.75) is 37.5 Å². The van der Waals surface area contributed by atoms with Gasteiger partial charge in [-0.2, -0.15) is 0 Å². The van der Waals surface area contributed by atoms with E-state index >= 15 is 0 Å². The van der Waals surface area contributed by atoms with Crippen LogP contribution in [-0.4, -0.2) is 21.0 Å². The lowest BCUT2D eigenvalue weighted by molar-refractivity contribution is 0.0486. The summed E-state index contributed by atoms with van der Waals surface area (Å²) in [6, 6.07) is 1.33. The molecular formula is C13H17F2NO4S. The maximum atomic E-state index is 13.9. The monoisotopic (exact) mass is 321 g/mol. The minimum Gasteiger partial charge on any atom is -0.462 e. The van der Waals surface area contributed by atoms with Crippen LogP contribution < -0.4 is 5.14 Å². The van der Waals surface area contributed by atoms with Crippen LogP contribution in [0.5, 0.6) is 0 Å². The molecule has 0 amide bonds. The summed E-state index contributed by atoms with van der Waals surface area (Å²) in [5, 5.41) is 4.79. The summed E-state index contributed by atoms with van der Waals surface area (Å²) < 4.78 is 54.5. The normalized spacial score (nSPS) is 11.4. The van der Waals surface area contributed by atoms with Crippen molar-refractivity contribution in [2.24, 2.45) is 5.14 Å². The summed E-state index contributed by atoms with van der Waals surface area (Å²) in [7, 11) is -4.39. The molecule has 0 heterocycles. The fourth-order valence-electron chi connectivity index (χ4n) is 1.71. The van der Waals surface area contributed by atoms with Crippen LogP contribution >= 0.6 is 0 Å². The topological polar surface area (TPSA) is 86.5 Å². The Morgan fingerprint density at radius 2 is 1.90 bits per heavy atom. The zero-order valence-corrected chi connectivity index (χ0v) is 12.4. The fourth-order valence-corrected chi connectivity index (χ4v) is 2.32. The van der Waals surface area contributed by atoms with Gasteiger partial charge in [0.2, 0.25) is 10.0 Å². The largest absolute Gasteiger partial charge is 0.462 e. The first kappa shape index (κ1) is 17.5. The predicted octanol–water partition coefficient (Wildman–Crippen LogP) is 2.35. The maximum Gasteiger partial charge on any atom is 0.344 e. The van der Waals surface area contributed by atoms with E-state index in [0.717, 1.165) is 19.3 Å². The smallest absolute Gasteiger partial charge is 0.344 e. The van der Waals surface area contributed by atoms with Crippen LogP contribution in [0.3, 0.4) is 0 Å². The molecule has 0 spiro atoms. The second-order valence-electron chi connectivity index (χ2n) is 4.48. The molecule has 0 aromatic heterocycles. The lowest BCUT2D eigenvalue weighted by atomic mass is 10.2. The summed E-state index contributed by atoms with van der Waals surface area (Å²) in [5.74, 6) is -3.97. The van der Waals surface area contributed by atoms with E-state index in [4.69, 9.17) is 9.88 Å². The van der Waals surface area contributed by atoms with Gasteiger partial charge in [-0.15, -0.1) is 0 Å². The van der Waals surface area contributed by atoms with Crippen LogP contribution in [0.2, 0.25) is 0 Å². The van der Waals surface area contributed by atoms with Gasteiger partial charge in [-0.25, -0.2) is 27.1 Å². The van der Waals surface area contributed by atoms with Gasteiger partial charge in [0.05, 0.1) is 6.61 Å². The third-order valence-corrected chi connectivity index (χ3v) is 3.73. The van der Waals surface area contributed by atoms with E-state index in [1.165, 1.54) is 0 Å². The van der Waals surface area contributed by atoms with E-state index in [1.807, 2.05) is 6.92 Å². The minimum absolute atomic E-state index is 0.0112. The number of nitrogens with two attached hydrogens (primary N) is 1. The van der Waals surface area contributed by atoms with Crippen molar-refractivity contribution < 1.29 is 26.7 Å². The van der Waals surface area contributed by atoms with E-state index < -0.39 is 38.1 Å². The number of halogens is 2. The summed E-state index contributed by atoms with van der Waals surface area (Å²) in [5.41, 5.74) is -1.04. The van der Waals surface area contributed by atoms with Crippen LogP contribution in [0.15, 0.2) is 17.0 Å². The number of unbranched alkanes of at least 4 members (excludes halogenated alkanes) is 3. The minimum atomic E-state index is -4.39. The van der Waals surface area contributed by atoms with E-state index in [-0.39, 0.29) is 6.61 Å². The number of esters is 1. The highest BCUT2D eigenvalue weighted by Crippen LogP contribution is 2.21. The number of sulfonamides is 1. The third-order valence-electron chi connectivity index (χ3n) is 2.80. The van der Waals surface area contributed by atoms with Crippen LogP contribution in [-0.2, 0) is 14.8 Å². The highest BCUT2D eigenvalue weighted by atomic mass is 32.2. The van der Waals surface area contributed by atoms with Crippen molar-refractivity contribution in [3.8, 4) is 0 Å². The molecule has 0 atom stereocenters. The van der Waals surface area contributed by atoms with Crippen molar-refractivity contribution in [3.63, 3.8) is 0 Å². The second kappa shape index (κ2) is 7.46. The van der Waals surface area contributed by atoms with Gasteiger partial charge in [0.25, 0.3) is 0 Å². The van der Waals surface area contributed by atoms with Gasteiger partial charge in [-0.3, -0.25) is 0 Å². The molecule has 0 unspecified atom stereocenters. The Labute approximate surface area is 122 Å². The maximum absolute atomic E-state index is 13.9. The van der Waals surface area contributed by atoms with Crippen molar-refractivity contribution in [2.75, 3.05) is 6.61 Å². The highest BCUT2D eigenvalue weighted by Gasteiger charge is 2.26. The van der Waals surface area contributed by atoms with Crippen molar-refractivity contribution >= 4 is 16.0 Å². The van der Waals surface area contributed by atoms with Gasteiger partial charge in [0, 0.05) is 0 Å².